The number of nitro groups is 1. The van der Waals surface area contributed by atoms with Gasteiger partial charge in [-0.3, -0.25) is 10.1 Å². The third-order valence-corrected chi connectivity index (χ3v) is 1.34. The van der Waals surface area contributed by atoms with Crippen LogP contribution in [0, 0.1) is 10.1 Å². The fourth-order valence-corrected chi connectivity index (χ4v) is 0.542. The summed E-state index contributed by atoms with van der Waals surface area (Å²) in [5.74, 6) is 0. The molecule has 0 amide bonds. The van der Waals surface area contributed by atoms with E-state index < -0.39 is 0 Å². The first kappa shape index (κ1) is 6.22. The van der Waals surface area contributed by atoms with Crippen molar-refractivity contribution in [3.8, 4) is 0 Å². The van der Waals surface area contributed by atoms with Crippen LogP contribution < -0.4 is 0 Å². The molecule has 4 heteroatoms. The van der Waals surface area contributed by atoms with Gasteiger partial charge in [0.15, 0.2) is 0 Å². The number of hydrogen-bond acceptors (Lipinski definition) is 3. The lowest BCUT2D eigenvalue weighted by atomic mass is 10.2. The molecule has 0 N–H and O–H groups in total. The van der Waals surface area contributed by atoms with Crippen molar-refractivity contribution in [1.29, 1.82) is 0 Å². The van der Waals surface area contributed by atoms with E-state index in [1.807, 2.05) is 0 Å². The second kappa shape index (κ2) is 2.14. The zero-order chi connectivity index (χ0) is 6.85. The minimum Gasteiger partial charge on any atom is -0.372 e. The first-order valence-electron chi connectivity index (χ1n) is 2.62. The number of ether oxygens (including phenoxy) is 1. The lowest BCUT2D eigenvalue weighted by Gasteiger charge is -2.15. The third kappa shape index (κ3) is 1.08. The molecular formula is C5H7NO3. The normalized spacial score (nSPS) is 16.8. The van der Waals surface area contributed by atoms with Crippen LogP contribution in [-0.2, 0) is 4.74 Å². The molecule has 4 nitrogen and oxygen atoms in total. The molecule has 0 aromatic carbocycles. The average Bonchev–Trinajstić information content (AvgIpc) is 1.60. The summed E-state index contributed by atoms with van der Waals surface area (Å²) in [7, 11) is 0. The van der Waals surface area contributed by atoms with E-state index in [-0.39, 0.29) is 10.6 Å². The van der Waals surface area contributed by atoms with Crippen molar-refractivity contribution in [2.75, 3.05) is 13.2 Å². The first-order valence-corrected chi connectivity index (χ1v) is 2.62. The highest BCUT2D eigenvalue weighted by Crippen LogP contribution is 2.13. The van der Waals surface area contributed by atoms with Gasteiger partial charge >= 0.3 is 0 Å². The van der Waals surface area contributed by atoms with E-state index in [2.05, 4.69) is 0 Å². The maximum atomic E-state index is 10.0. The van der Waals surface area contributed by atoms with Gasteiger partial charge < -0.3 is 4.74 Å². The molecule has 0 spiro atoms. The summed E-state index contributed by atoms with van der Waals surface area (Å²) in [5, 5.41) is 10.0. The van der Waals surface area contributed by atoms with E-state index in [0.29, 0.717) is 13.2 Å². The van der Waals surface area contributed by atoms with E-state index in [4.69, 9.17) is 4.74 Å². The van der Waals surface area contributed by atoms with Gasteiger partial charge in [0.25, 0.3) is 0 Å². The lowest BCUT2D eigenvalue weighted by Crippen LogP contribution is -2.20. The van der Waals surface area contributed by atoms with Gasteiger partial charge in [-0.1, -0.05) is 0 Å². The minimum atomic E-state index is -0.377. The summed E-state index contributed by atoms with van der Waals surface area (Å²) in [6, 6.07) is 0. The Morgan fingerprint density at radius 3 is 2.44 bits per heavy atom. The highest BCUT2D eigenvalue weighted by molar-refractivity contribution is 5.11. The number of hydrogen-bond donors (Lipinski definition) is 0. The van der Waals surface area contributed by atoms with Crippen molar-refractivity contribution < 1.29 is 9.66 Å². The molecule has 0 unspecified atom stereocenters. The first-order chi connectivity index (χ1) is 4.22. The van der Waals surface area contributed by atoms with Crippen LogP contribution in [-0.4, -0.2) is 18.1 Å². The van der Waals surface area contributed by atoms with Crippen LogP contribution in [0.5, 0.6) is 0 Å². The molecule has 0 atom stereocenters. The quantitative estimate of drug-likeness (QED) is 0.384. The maximum absolute atomic E-state index is 10.0. The van der Waals surface area contributed by atoms with Gasteiger partial charge in [0.05, 0.1) is 23.7 Å². The molecule has 0 radical (unpaired) electrons. The Hall–Kier alpha value is -0.900. The molecule has 1 aliphatic heterocycles. The van der Waals surface area contributed by atoms with Gasteiger partial charge in [-0.15, -0.1) is 0 Å². The lowest BCUT2D eigenvalue weighted by molar-refractivity contribution is -0.427. The van der Waals surface area contributed by atoms with Crippen molar-refractivity contribution in [3.05, 3.63) is 21.4 Å². The van der Waals surface area contributed by atoms with E-state index in [1.54, 1.807) is 0 Å². The van der Waals surface area contributed by atoms with Gasteiger partial charge in [-0.05, 0) is 0 Å². The molecule has 1 fully saturated rings. The van der Waals surface area contributed by atoms with Gasteiger partial charge in [-0.2, -0.15) is 0 Å². The van der Waals surface area contributed by atoms with Gasteiger partial charge in [0, 0.05) is 6.92 Å². The SMILES string of the molecule is CC(=C1COC1)[N+](=O)[O-]. The zero-order valence-electron chi connectivity index (χ0n) is 5.09. The van der Waals surface area contributed by atoms with Crippen molar-refractivity contribution in [3.63, 3.8) is 0 Å². The Kier molecular flexibility index (Phi) is 1.48. The van der Waals surface area contributed by atoms with Gasteiger partial charge in [0.1, 0.15) is 0 Å². The predicted molar refractivity (Wildman–Crippen MR) is 30.5 cm³/mol. The van der Waals surface area contributed by atoms with E-state index in [0.717, 1.165) is 5.57 Å². The van der Waals surface area contributed by atoms with Crippen LogP contribution in [0.1, 0.15) is 6.92 Å². The highest BCUT2D eigenvalue weighted by atomic mass is 16.6. The summed E-state index contributed by atoms with van der Waals surface area (Å²) in [6.07, 6.45) is 0. The Balaban J connectivity index is 2.67. The standard InChI is InChI=1S/C5H7NO3/c1-4(6(7)8)5-2-9-3-5/h2-3H2,1H3. The average molecular weight is 129 g/mol. The maximum Gasteiger partial charge on any atom is 0.247 e. The third-order valence-electron chi connectivity index (χ3n) is 1.34. The number of rotatable bonds is 1. The fourth-order valence-electron chi connectivity index (χ4n) is 0.542. The molecule has 50 valence electrons. The Morgan fingerprint density at radius 2 is 2.33 bits per heavy atom. The minimum absolute atomic E-state index is 0.237. The summed E-state index contributed by atoms with van der Waals surface area (Å²) in [5.41, 5.74) is 1.04. The molecule has 0 saturated carbocycles. The van der Waals surface area contributed by atoms with Crippen molar-refractivity contribution in [2.24, 2.45) is 0 Å². The van der Waals surface area contributed by atoms with Gasteiger partial charge in [-0.25, -0.2) is 0 Å². The molecule has 1 saturated heterocycles. The molecule has 0 aliphatic carbocycles. The molecule has 0 bridgehead atoms. The van der Waals surface area contributed by atoms with Crippen molar-refractivity contribution in [1.82, 2.24) is 0 Å². The second-order valence-electron chi connectivity index (χ2n) is 1.94. The largest absolute Gasteiger partial charge is 0.372 e. The summed E-state index contributed by atoms with van der Waals surface area (Å²) in [4.78, 5) is 9.65. The van der Waals surface area contributed by atoms with Crippen LogP contribution >= 0.6 is 0 Å². The van der Waals surface area contributed by atoms with Gasteiger partial charge in [0.2, 0.25) is 5.70 Å². The van der Waals surface area contributed by atoms with Crippen LogP contribution in [0.2, 0.25) is 0 Å². The Labute approximate surface area is 52.3 Å². The van der Waals surface area contributed by atoms with E-state index in [9.17, 15) is 10.1 Å². The van der Waals surface area contributed by atoms with Crippen LogP contribution in [0.4, 0.5) is 0 Å². The highest BCUT2D eigenvalue weighted by Gasteiger charge is 2.19. The number of nitrogens with zero attached hydrogens (tertiary/aromatic N) is 1. The van der Waals surface area contributed by atoms with Crippen LogP contribution in [0.25, 0.3) is 0 Å². The molecule has 1 rings (SSSR count). The Bertz CT molecular complexity index is 167. The molecule has 1 heterocycles. The van der Waals surface area contributed by atoms with Crippen molar-refractivity contribution >= 4 is 0 Å². The molecule has 1 aliphatic rings. The molecule has 0 aromatic rings. The summed E-state index contributed by atoms with van der Waals surface area (Å²) >= 11 is 0. The van der Waals surface area contributed by atoms with Crippen LogP contribution in [0.15, 0.2) is 11.3 Å². The monoisotopic (exact) mass is 129 g/mol. The fraction of sp³-hybridized carbons (Fsp3) is 0.600. The molecule has 0 aromatic heterocycles. The van der Waals surface area contributed by atoms with E-state index in [1.165, 1.54) is 6.92 Å². The summed E-state index contributed by atoms with van der Waals surface area (Å²) < 4.78 is 4.74. The Morgan fingerprint density at radius 1 is 1.78 bits per heavy atom. The molecular weight excluding hydrogens is 122 g/mol. The van der Waals surface area contributed by atoms with Crippen LogP contribution in [0.3, 0.4) is 0 Å². The zero-order valence-corrected chi connectivity index (χ0v) is 5.09. The predicted octanol–water partition coefficient (Wildman–Crippen LogP) is 0.567. The van der Waals surface area contributed by atoms with E-state index >= 15 is 0 Å². The molecule has 9 heavy (non-hydrogen) atoms. The van der Waals surface area contributed by atoms with Crippen molar-refractivity contribution in [2.45, 2.75) is 6.92 Å². The number of allylic oxidation sites excluding steroid dienone is 1. The summed E-state index contributed by atoms with van der Waals surface area (Å²) in [6.45, 7) is 2.37. The smallest absolute Gasteiger partial charge is 0.247 e. The second-order valence-corrected chi connectivity index (χ2v) is 1.94. The topological polar surface area (TPSA) is 52.4 Å².